The zero-order valence-corrected chi connectivity index (χ0v) is 22.5. The van der Waals surface area contributed by atoms with Crippen molar-refractivity contribution in [3.63, 3.8) is 0 Å². The minimum absolute atomic E-state index is 0.00180. The summed E-state index contributed by atoms with van der Waals surface area (Å²) in [5.41, 5.74) is 7.41. The van der Waals surface area contributed by atoms with Gasteiger partial charge in [0.15, 0.2) is 11.5 Å². The minimum atomic E-state index is -5.08. The van der Waals surface area contributed by atoms with Gasteiger partial charge in [0.25, 0.3) is 0 Å². The SMILES string of the molecule is COc1ccc(C2=NN(C3CCN(C(=O)CCCN)CC3)C(=O)[C@@H]3CC=CC[C@H]23)cc1OC.O=C(O)C(F)(F)F. The number of carboxylic acid groups (broad SMARTS) is 1. The van der Waals surface area contributed by atoms with E-state index in [9.17, 15) is 22.8 Å². The number of carboxylic acids is 1. The molecule has 0 bridgehead atoms. The minimum Gasteiger partial charge on any atom is -0.493 e. The molecule has 1 saturated heterocycles. The number of carbonyl (C=O) groups excluding carboxylic acids is 2. The number of halogens is 3. The Kier molecular flexibility index (Phi) is 10.5. The zero-order chi connectivity index (χ0) is 29.4. The third kappa shape index (κ3) is 7.32. The van der Waals surface area contributed by atoms with E-state index in [2.05, 4.69) is 12.2 Å². The normalized spacial score (nSPS) is 21.1. The Morgan fingerprint density at radius 3 is 2.23 bits per heavy atom. The van der Waals surface area contributed by atoms with Gasteiger partial charge in [0.2, 0.25) is 11.8 Å². The van der Waals surface area contributed by atoms with E-state index in [4.69, 9.17) is 30.2 Å². The number of nitrogens with two attached hydrogens (primary N) is 1. The Hall–Kier alpha value is -3.61. The number of amides is 2. The summed E-state index contributed by atoms with van der Waals surface area (Å²) >= 11 is 0. The molecule has 4 rings (SSSR count). The number of hydrogen-bond donors (Lipinski definition) is 2. The van der Waals surface area contributed by atoms with Crippen LogP contribution in [0.1, 0.15) is 44.1 Å². The topological polar surface area (TPSA) is 135 Å². The van der Waals surface area contributed by atoms with Gasteiger partial charge in [-0.25, -0.2) is 9.80 Å². The highest BCUT2D eigenvalue weighted by molar-refractivity contribution is 6.07. The van der Waals surface area contributed by atoms with Crippen LogP contribution in [0.3, 0.4) is 0 Å². The van der Waals surface area contributed by atoms with Crippen LogP contribution in [-0.2, 0) is 14.4 Å². The van der Waals surface area contributed by atoms with Gasteiger partial charge in [0.1, 0.15) is 0 Å². The summed E-state index contributed by atoms with van der Waals surface area (Å²) in [4.78, 5) is 36.6. The first-order valence-electron chi connectivity index (χ1n) is 13.1. The zero-order valence-electron chi connectivity index (χ0n) is 22.5. The Labute approximate surface area is 230 Å². The number of allylic oxidation sites excluding steroid dienone is 2. The summed E-state index contributed by atoms with van der Waals surface area (Å²) in [5.74, 6) is -1.26. The molecule has 1 aromatic carbocycles. The van der Waals surface area contributed by atoms with E-state index in [1.165, 1.54) is 0 Å². The van der Waals surface area contributed by atoms with Crippen molar-refractivity contribution in [3.05, 3.63) is 35.9 Å². The molecule has 0 aromatic heterocycles. The fourth-order valence-electron chi connectivity index (χ4n) is 5.10. The Morgan fingerprint density at radius 1 is 1.07 bits per heavy atom. The average Bonchev–Trinajstić information content (AvgIpc) is 2.96. The average molecular weight is 569 g/mol. The predicted octanol–water partition coefficient (Wildman–Crippen LogP) is 3.20. The highest BCUT2D eigenvalue weighted by Crippen LogP contribution is 2.38. The van der Waals surface area contributed by atoms with Crippen molar-refractivity contribution in [1.29, 1.82) is 0 Å². The molecular formula is C27H35F3N4O6. The van der Waals surface area contributed by atoms with E-state index < -0.39 is 12.1 Å². The summed E-state index contributed by atoms with van der Waals surface area (Å²) in [6, 6.07) is 5.82. The summed E-state index contributed by atoms with van der Waals surface area (Å²) in [6.45, 7) is 1.81. The second-order valence-corrected chi connectivity index (χ2v) is 9.70. The van der Waals surface area contributed by atoms with Crippen LogP contribution in [0.2, 0.25) is 0 Å². The van der Waals surface area contributed by atoms with Crippen molar-refractivity contribution in [2.75, 3.05) is 33.9 Å². The van der Waals surface area contributed by atoms with Crippen LogP contribution in [0.4, 0.5) is 13.2 Å². The molecule has 10 nitrogen and oxygen atoms in total. The van der Waals surface area contributed by atoms with Gasteiger partial charge in [-0.3, -0.25) is 9.59 Å². The Balaban J connectivity index is 0.000000559. The lowest BCUT2D eigenvalue weighted by atomic mass is 9.76. The number of likely N-dealkylation sites (tertiary alicyclic amines) is 1. The molecule has 2 atom stereocenters. The fraction of sp³-hybridized carbons (Fsp3) is 0.556. The molecule has 40 heavy (non-hydrogen) atoms. The number of piperidine rings is 1. The lowest BCUT2D eigenvalue weighted by Crippen LogP contribution is -2.52. The molecule has 1 fully saturated rings. The van der Waals surface area contributed by atoms with Gasteiger partial charge in [-0.2, -0.15) is 18.3 Å². The van der Waals surface area contributed by atoms with Crippen molar-refractivity contribution in [3.8, 4) is 11.5 Å². The number of ether oxygens (including phenoxy) is 2. The largest absolute Gasteiger partial charge is 0.493 e. The number of nitrogens with zero attached hydrogens (tertiary/aromatic N) is 3. The quantitative estimate of drug-likeness (QED) is 0.483. The highest BCUT2D eigenvalue weighted by atomic mass is 19.4. The standard InChI is InChI=1S/C25H34N4O4.C2HF3O2/c1-32-21-10-9-17(16-22(21)33-2)24-19-6-3-4-7-20(19)25(31)29(27-24)18-11-14-28(15-12-18)23(30)8-5-13-26;3-2(4,5)1(6)7/h3-4,9-10,16,18-20H,5-8,11-15,26H2,1-2H3;(H,6,7)/t19-,20+;/m0./s1. The third-order valence-corrected chi connectivity index (χ3v) is 7.22. The van der Waals surface area contributed by atoms with E-state index in [0.717, 1.165) is 37.0 Å². The van der Waals surface area contributed by atoms with Gasteiger partial charge in [0, 0.05) is 31.0 Å². The number of benzene rings is 1. The molecule has 2 aliphatic heterocycles. The molecule has 3 N–H and O–H groups in total. The molecular weight excluding hydrogens is 533 g/mol. The number of fused-ring (bicyclic) bond motifs is 1. The van der Waals surface area contributed by atoms with Crippen LogP contribution in [0.15, 0.2) is 35.5 Å². The van der Waals surface area contributed by atoms with E-state index in [1.807, 2.05) is 23.1 Å². The monoisotopic (exact) mass is 568 g/mol. The predicted molar refractivity (Wildman–Crippen MR) is 140 cm³/mol. The van der Waals surface area contributed by atoms with E-state index in [-0.39, 0.29) is 29.7 Å². The molecule has 2 amide bonds. The van der Waals surface area contributed by atoms with Crippen LogP contribution >= 0.6 is 0 Å². The first-order chi connectivity index (χ1) is 19.0. The van der Waals surface area contributed by atoms with Crippen LogP contribution < -0.4 is 15.2 Å². The molecule has 1 aliphatic carbocycles. The fourth-order valence-corrected chi connectivity index (χ4v) is 5.10. The lowest BCUT2D eigenvalue weighted by Gasteiger charge is -2.42. The second kappa shape index (κ2) is 13.6. The lowest BCUT2D eigenvalue weighted by molar-refractivity contribution is -0.192. The van der Waals surface area contributed by atoms with Crippen LogP contribution in [0.25, 0.3) is 0 Å². The highest BCUT2D eigenvalue weighted by Gasteiger charge is 2.43. The maximum atomic E-state index is 13.5. The van der Waals surface area contributed by atoms with Gasteiger partial charge in [-0.05, 0) is 56.8 Å². The maximum absolute atomic E-state index is 13.5. The van der Waals surface area contributed by atoms with Gasteiger partial charge >= 0.3 is 12.1 Å². The second-order valence-electron chi connectivity index (χ2n) is 9.70. The Morgan fingerprint density at radius 2 is 1.68 bits per heavy atom. The van der Waals surface area contributed by atoms with Crippen molar-refractivity contribution >= 4 is 23.5 Å². The number of hydrazone groups is 1. The van der Waals surface area contributed by atoms with Crippen molar-refractivity contribution < 1.29 is 42.1 Å². The molecule has 2 heterocycles. The van der Waals surface area contributed by atoms with Gasteiger partial charge in [-0.15, -0.1) is 0 Å². The number of alkyl halides is 3. The first-order valence-corrected chi connectivity index (χ1v) is 13.1. The van der Waals surface area contributed by atoms with Crippen LogP contribution in [0.5, 0.6) is 11.5 Å². The van der Waals surface area contributed by atoms with Gasteiger partial charge < -0.3 is 25.2 Å². The van der Waals surface area contributed by atoms with Crippen molar-refractivity contribution in [1.82, 2.24) is 9.91 Å². The number of rotatable bonds is 7. The molecule has 0 spiro atoms. The van der Waals surface area contributed by atoms with Gasteiger partial charge in [-0.1, -0.05) is 12.2 Å². The smallest absolute Gasteiger partial charge is 0.490 e. The Bertz CT molecular complexity index is 1130. The van der Waals surface area contributed by atoms with E-state index >= 15 is 0 Å². The summed E-state index contributed by atoms with van der Waals surface area (Å²) in [6.07, 6.45) is 3.35. The molecule has 13 heteroatoms. The van der Waals surface area contributed by atoms with E-state index in [1.54, 1.807) is 19.2 Å². The molecule has 0 saturated carbocycles. The number of methoxy groups -OCH3 is 2. The molecule has 220 valence electrons. The summed E-state index contributed by atoms with van der Waals surface area (Å²) in [5, 5.41) is 13.8. The number of aliphatic carboxylic acids is 1. The van der Waals surface area contributed by atoms with Crippen molar-refractivity contribution in [2.45, 2.75) is 50.7 Å². The number of carbonyl (C=O) groups is 3. The molecule has 0 radical (unpaired) electrons. The maximum Gasteiger partial charge on any atom is 0.490 e. The molecule has 1 aromatic rings. The van der Waals surface area contributed by atoms with Crippen LogP contribution in [0, 0.1) is 11.8 Å². The third-order valence-electron chi connectivity index (χ3n) is 7.22. The first kappa shape index (κ1) is 30.9. The van der Waals surface area contributed by atoms with E-state index in [0.29, 0.717) is 44.0 Å². The number of hydrogen-bond acceptors (Lipinski definition) is 7. The summed E-state index contributed by atoms with van der Waals surface area (Å²) < 4.78 is 42.6. The molecule has 3 aliphatic rings. The van der Waals surface area contributed by atoms with Crippen molar-refractivity contribution in [2.24, 2.45) is 22.7 Å². The van der Waals surface area contributed by atoms with Gasteiger partial charge in [0.05, 0.1) is 31.9 Å². The summed E-state index contributed by atoms with van der Waals surface area (Å²) in [7, 11) is 3.24. The molecule has 0 unspecified atom stereocenters. The van der Waals surface area contributed by atoms with Crippen LogP contribution in [-0.4, -0.2) is 84.6 Å².